The van der Waals surface area contributed by atoms with Crippen LogP contribution in [0.1, 0.15) is 0 Å². The third-order valence-corrected chi connectivity index (χ3v) is 7.23. The maximum absolute atomic E-state index is 11.4. The molecule has 33 heavy (non-hydrogen) atoms. The number of hydrogen-bond acceptors (Lipinski definition) is 8. The molecule has 1 radical (unpaired) electrons. The number of nitrogens with zero attached hydrogens (tertiary/aromatic N) is 3. The van der Waals surface area contributed by atoms with Crippen molar-refractivity contribution in [2.24, 2.45) is 0 Å². The number of rotatable bonds is 16. The quantitative estimate of drug-likeness (QED) is 0.0635. The van der Waals surface area contributed by atoms with Crippen LogP contribution in [0.2, 0.25) is 0 Å². The van der Waals surface area contributed by atoms with Crippen LogP contribution in [-0.2, 0) is 22.8 Å². The van der Waals surface area contributed by atoms with Crippen LogP contribution in [0.15, 0.2) is 0 Å². The summed E-state index contributed by atoms with van der Waals surface area (Å²) in [6.07, 6.45) is -5.21. The van der Waals surface area contributed by atoms with Gasteiger partial charge in [-0.3, -0.25) is 37.5 Å². The first-order valence-electron chi connectivity index (χ1n) is 8.34. The number of hydrogen-bond donors (Lipinski definition) is 10. The van der Waals surface area contributed by atoms with Gasteiger partial charge in [0.15, 0.2) is 0 Å². The molecule has 0 aliphatic carbocycles. The monoisotopic (exact) mass is 596 g/mol. The molecule has 195 valence electrons. The van der Waals surface area contributed by atoms with Gasteiger partial charge in [-0.2, -0.15) is 0 Å². The Labute approximate surface area is 211 Å². The SMILES string of the molecule is O=P(O)(O)CN(CCN(CP(=O)(O)O)CP(=O)(O)O)CCN(CP(=O)(O)O)CP(=O)(O)O.[Na]. The zero-order valence-corrected chi connectivity index (χ0v) is 23.9. The predicted molar refractivity (Wildman–Crippen MR) is 115 cm³/mol. The van der Waals surface area contributed by atoms with E-state index in [1.165, 1.54) is 0 Å². The zero-order chi connectivity index (χ0) is 25.6. The molecule has 0 aliphatic heterocycles. The summed E-state index contributed by atoms with van der Waals surface area (Å²) < 4.78 is 56.1. The van der Waals surface area contributed by atoms with E-state index in [9.17, 15) is 32.6 Å². The summed E-state index contributed by atoms with van der Waals surface area (Å²) in [5.41, 5.74) is 0. The molecule has 0 heterocycles. The molecule has 0 aromatic rings. The van der Waals surface area contributed by atoms with Crippen molar-refractivity contribution in [3.05, 3.63) is 0 Å². The van der Waals surface area contributed by atoms with Crippen LogP contribution in [0.25, 0.3) is 0 Å². The molecule has 0 aliphatic rings. The summed E-state index contributed by atoms with van der Waals surface area (Å²) in [6.45, 7) is -1.78. The van der Waals surface area contributed by atoms with Gasteiger partial charge in [-0.05, 0) is 0 Å². The molecule has 0 amide bonds. The van der Waals surface area contributed by atoms with Gasteiger partial charge in [-0.1, -0.05) is 0 Å². The fraction of sp³-hybridized carbons (Fsp3) is 1.00. The van der Waals surface area contributed by atoms with E-state index in [1.807, 2.05) is 0 Å². The molecule has 0 rings (SSSR count). The second-order valence-electron chi connectivity index (χ2n) is 6.94. The molecule has 0 saturated carbocycles. The van der Waals surface area contributed by atoms with Crippen molar-refractivity contribution in [2.45, 2.75) is 0 Å². The van der Waals surface area contributed by atoms with Gasteiger partial charge in [-0.25, -0.2) is 0 Å². The molecule has 10 N–H and O–H groups in total. The summed E-state index contributed by atoms with van der Waals surface area (Å²) in [5.74, 6) is 0. The standard InChI is InChI=1S/C9H28N3O15P5.Na/c13-28(14,15)5-10(1-3-11(6-29(16,17)18)7-30(19,20)21)2-4-12(8-31(22,23)24)9-32(25,26)27;/h1-9H2,(H2,13,14,15)(H2,16,17,18)(H2,19,20,21)(H2,22,23,24)(H2,25,26,27);. The Balaban J connectivity index is 0. The Kier molecular flexibility index (Phi) is 16.2. The van der Waals surface area contributed by atoms with Gasteiger partial charge >= 0.3 is 38.0 Å². The van der Waals surface area contributed by atoms with Crippen molar-refractivity contribution in [1.29, 1.82) is 0 Å². The van der Waals surface area contributed by atoms with Gasteiger partial charge in [0.05, 0.1) is 0 Å². The largest absolute Gasteiger partial charge is 0.339 e. The van der Waals surface area contributed by atoms with E-state index < -0.39 is 95.6 Å². The van der Waals surface area contributed by atoms with E-state index in [0.717, 1.165) is 4.90 Å². The van der Waals surface area contributed by atoms with Crippen molar-refractivity contribution in [3.63, 3.8) is 0 Å². The van der Waals surface area contributed by atoms with Crippen molar-refractivity contribution in [1.82, 2.24) is 14.7 Å². The Morgan fingerprint density at radius 3 is 0.697 bits per heavy atom. The van der Waals surface area contributed by atoms with Crippen LogP contribution in [0.3, 0.4) is 0 Å². The molecule has 0 atom stereocenters. The zero-order valence-electron chi connectivity index (χ0n) is 17.5. The molecule has 0 unspecified atom stereocenters. The first kappa shape index (κ1) is 36.8. The maximum atomic E-state index is 11.4. The molecule has 18 nitrogen and oxygen atoms in total. The minimum Gasteiger partial charge on any atom is -0.324 e. The topological polar surface area (TPSA) is 297 Å². The smallest absolute Gasteiger partial charge is 0.324 e. The molecule has 0 aromatic heterocycles. The fourth-order valence-electron chi connectivity index (χ4n) is 2.49. The van der Waals surface area contributed by atoms with E-state index in [4.69, 9.17) is 39.1 Å². The first-order valence-corrected chi connectivity index (χ1v) is 17.3. The summed E-state index contributed by atoms with van der Waals surface area (Å²) in [7, 11) is -23.8. The third kappa shape index (κ3) is 25.1. The van der Waals surface area contributed by atoms with E-state index in [0.29, 0.717) is 9.80 Å². The molecule has 0 bridgehead atoms. The van der Waals surface area contributed by atoms with Crippen LogP contribution >= 0.6 is 38.0 Å². The average molecular weight is 596 g/mol. The molecular formula is C9H28N3NaO15P5. The van der Waals surface area contributed by atoms with Crippen molar-refractivity contribution in [2.75, 3.05) is 57.6 Å². The van der Waals surface area contributed by atoms with E-state index in [-0.39, 0.29) is 29.6 Å². The van der Waals surface area contributed by atoms with Gasteiger partial charge in [0.2, 0.25) is 0 Å². The minimum atomic E-state index is -4.76. The van der Waals surface area contributed by atoms with Crippen LogP contribution in [0.4, 0.5) is 0 Å². The summed E-state index contributed by atoms with van der Waals surface area (Å²) in [4.78, 5) is 93.2. The van der Waals surface area contributed by atoms with E-state index in [2.05, 4.69) is 0 Å². The van der Waals surface area contributed by atoms with Gasteiger partial charge < -0.3 is 48.9 Å². The minimum absolute atomic E-state index is 0. The van der Waals surface area contributed by atoms with Gasteiger partial charge in [-0.15, -0.1) is 0 Å². The average Bonchev–Trinajstić information content (AvgIpc) is 2.41. The second-order valence-corrected chi connectivity index (χ2v) is 15.0. The van der Waals surface area contributed by atoms with Crippen LogP contribution in [0, 0.1) is 0 Å². The predicted octanol–water partition coefficient (Wildman–Crippen LogP) is -2.81. The van der Waals surface area contributed by atoms with Gasteiger partial charge in [0.25, 0.3) is 0 Å². The van der Waals surface area contributed by atoms with E-state index in [1.54, 1.807) is 0 Å². The fourth-order valence-corrected chi connectivity index (χ4v) is 6.66. The van der Waals surface area contributed by atoms with Crippen LogP contribution < -0.4 is 0 Å². The Hall–Kier alpha value is 1.63. The Morgan fingerprint density at radius 1 is 0.364 bits per heavy atom. The second kappa shape index (κ2) is 14.5. The summed E-state index contributed by atoms with van der Waals surface area (Å²) >= 11 is 0. The third-order valence-electron chi connectivity index (χ3n) is 3.39. The van der Waals surface area contributed by atoms with Crippen LogP contribution in [0.5, 0.6) is 0 Å². The molecular weight excluding hydrogens is 568 g/mol. The van der Waals surface area contributed by atoms with Gasteiger partial charge in [0, 0.05) is 55.7 Å². The molecule has 24 heteroatoms. The Morgan fingerprint density at radius 2 is 0.515 bits per heavy atom. The van der Waals surface area contributed by atoms with Gasteiger partial charge in [0.1, 0.15) is 31.4 Å². The van der Waals surface area contributed by atoms with Crippen molar-refractivity contribution >= 4 is 67.5 Å². The molecule has 0 spiro atoms. The van der Waals surface area contributed by atoms with Crippen LogP contribution in [-0.4, -0.2) is 151 Å². The normalized spacial score (nSPS) is 14.2. The maximum Gasteiger partial charge on any atom is 0.339 e. The molecule has 0 aromatic carbocycles. The summed E-state index contributed by atoms with van der Waals surface area (Å²) in [6, 6.07) is 0. The van der Waals surface area contributed by atoms with Crippen molar-refractivity contribution in [3.8, 4) is 0 Å². The van der Waals surface area contributed by atoms with Crippen molar-refractivity contribution < 1.29 is 71.8 Å². The van der Waals surface area contributed by atoms with E-state index >= 15 is 0 Å². The Bertz CT molecular complexity index is 727. The first-order chi connectivity index (χ1) is 13.9. The molecule has 0 fully saturated rings. The molecule has 0 saturated heterocycles. The summed E-state index contributed by atoms with van der Waals surface area (Å²) in [5, 5.41) is 0.